The van der Waals surface area contributed by atoms with Crippen LogP contribution in [0, 0.1) is 13.7 Å². The lowest BCUT2D eigenvalue weighted by Crippen LogP contribution is -2.56. The molecule has 2 aromatic rings. The quantitative estimate of drug-likeness (QED) is 0.121. The number of carbonyl (C=O) groups excluding carboxylic acids is 1. The molecule has 0 saturated carbocycles. The van der Waals surface area contributed by atoms with E-state index in [9.17, 15) is 14.9 Å². The molecule has 0 bridgehead atoms. The summed E-state index contributed by atoms with van der Waals surface area (Å²) in [6, 6.07) is 12.4. The van der Waals surface area contributed by atoms with Gasteiger partial charge in [0.1, 0.15) is 6.17 Å². The minimum atomic E-state index is -1.92. The Morgan fingerprint density at radius 3 is 2.14 bits per heavy atom. The van der Waals surface area contributed by atoms with Crippen LogP contribution in [0.25, 0.3) is 0 Å². The minimum Gasteiger partial charge on any atom is -0.339 e. The number of hydrogen-bond donors (Lipinski definition) is 3. The molecule has 0 heterocycles. The van der Waals surface area contributed by atoms with Crippen LogP contribution in [-0.4, -0.2) is 25.9 Å². The van der Waals surface area contributed by atoms with E-state index >= 15 is 0 Å². The molecular formula is C16H12Cl3IN4O3S. The zero-order chi connectivity index (χ0) is 20.9. The number of amides is 1. The molecule has 0 saturated heterocycles. The second kappa shape index (κ2) is 9.88. The maximum atomic E-state index is 12.4. The minimum absolute atomic E-state index is 0.126. The Morgan fingerprint density at radius 1 is 1.07 bits per heavy atom. The predicted molar refractivity (Wildman–Crippen MR) is 123 cm³/mol. The van der Waals surface area contributed by atoms with E-state index < -0.39 is 20.8 Å². The normalized spacial score (nSPS) is 12.0. The highest BCUT2D eigenvalue weighted by atomic mass is 127. The van der Waals surface area contributed by atoms with Crippen LogP contribution in [0.4, 0.5) is 11.4 Å². The van der Waals surface area contributed by atoms with Crippen molar-refractivity contribution < 1.29 is 9.72 Å². The van der Waals surface area contributed by atoms with Gasteiger partial charge in [-0.15, -0.1) is 0 Å². The van der Waals surface area contributed by atoms with Crippen LogP contribution in [0.1, 0.15) is 10.4 Å². The fraction of sp³-hybridized carbons (Fsp3) is 0.125. The number of nitro benzene ring substituents is 1. The standard InChI is InChI=1S/C16H12Cl3IN4O3S/c17-16(18,19)14(23-15(28)21-11-5-3-10(20)4-6-11)22-13(25)9-1-7-12(8-2-9)24(26)27/h1-8,14H,(H,22,25)(H2,21,23,28). The molecular weight excluding hydrogens is 562 g/mol. The fourth-order valence-corrected chi connectivity index (χ4v) is 2.90. The summed E-state index contributed by atoms with van der Waals surface area (Å²) in [5.41, 5.74) is 0.723. The highest BCUT2D eigenvalue weighted by molar-refractivity contribution is 14.1. The zero-order valence-corrected chi connectivity index (χ0v) is 19.0. The summed E-state index contributed by atoms with van der Waals surface area (Å²) < 4.78 is -0.870. The molecule has 1 unspecified atom stereocenters. The summed E-state index contributed by atoms with van der Waals surface area (Å²) >= 11 is 25.2. The van der Waals surface area contributed by atoms with Gasteiger partial charge in [0.15, 0.2) is 5.11 Å². The SMILES string of the molecule is O=C(NC(NC(=S)Nc1ccc(I)cc1)C(Cl)(Cl)Cl)c1ccc([N+](=O)[O-])cc1. The van der Waals surface area contributed by atoms with Gasteiger partial charge in [-0.05, 0) is 71.2 Å². The molecule has 2 rings (SSSR count). The van der Waals surface area contributed by atoms with Crippen LogP contribution in [0.3, 0.4) is 0 Å². The largest absolute Gasteiger partial charge is 0.339 e. The molecule has 0 spiro atoms. The van der Waals surface area contributed by atoms with Crippen LogP contribution >= 0.6 is 69.6 Å². The molecule has 1 amide bonds. The van der Waals surface area contributed by atoms with Gasteiger partial charge in [0.05, 0.1) is 4.92 Å². The molecule has 0 aliphatic carbocycles. The van der Waals surface area contributed by atoms with Crippen molar-refractivity contribution >= 4 is 92.0 Å². The molecule has 7 nitrogen and oxygen atoms in total. The summed E-state index contributed by atoms with van der Waals surface area (Å²) in [6.07, 6.45) is -1.16. The highest BCUT2D eigenvalue weighted by Gasteiger charge is 2.35. The van der Waals surface area contributed by atoms with Crippen LogP contribution in [0.2, 0.25) is 0 Å². The zero-order valence-electron chi connectivity index (χ0n) is 13.8. The molecule has 0 aliphatic rings. The predicted octanol–water partition coefficient (Wildman–Crippen LogP) is 4.61. The van der Waals surface area contributed by atoms with Gasteiger partial charge in [-0.1, -0.05) is 34.8 Å². The Labute approximate surface area is 194 Å². The molecule has 2 aromatic carbocycles. The van der Waals surface area contributed by atoms with Crippen molar-refractivity contribution in [2.75, 3.05) is 5.32 Å². The van der Waals surface area contributed by atoms with Crippen molar-refractivity contribution in [3.05, 3.63) is 67.8 Å². The number of carbonyl (C=O) groups is 1. The molecule has 1 atom stereocenters. The van der Waals surface area contributed by atoms with E-state index in [0.29, 0.717) is 5.69 Å². The van der Waals surface area contributed by atoms with E-state index in [4.69, 9.17) is 47.0 Å². The summed E-state index contributed by atoms with van der Waals surface area (Å²) in [4.78, 5) is 22.5. The first-order valence-electron chi connectivity index (χ1n) is 7.51. The lowest BCUT2D eigenvalue weighted by atomic mass is 10.2. The first-order chi connectivity index (χ1) is 13.1. The average molecular weight is 574 g/mol. The van der Waals surface area contributed by atoms with Gasteiger partial charge in [-0.2, -0.15) is 0 Å². The van der Waals surface area contributed by atoms with E-state index in [-0.39, 0.29) is 16.4 Å². The smallest absolute Gasteiger partial charge is 0.269 e. The van der Waals surface area contributed by atoms with Crippen LogP contribution in [0.5, 0.6) is 0 Å². The second-order valence-corrected chi connectivity index (χ2v) is 9.38. The highest BCUT2D eigenvalue weighted by Crippen LogP contribution is 2.29. The van der Waals surface area contributed by atoms with Gasteiger partial charge < -0.3 is 16.0 Å². The summed E-state index contributed by atoms with van der Waals surface area (Å²) in [5, 5.41) is 19.0. The Morgan fingerprint density at radius 2 is 1.64 bits per heavy atom. The molecule has 0 fully saturated rings. The van der Waals surface area contributed by atoms with Crippen LogP contribution < -0.4 is 16.0 Å². The lowest BCUT2D eigenvalue weighted by molar-refractivity contribution is -0.384. The van der Waals surface area contributed by atoms with E-state index in [1.165, 1.54) is 24.3 Å². The van der Waals surface area contributed by atoms with Gasteiger partial charge in [-0.25, -0.2) is 0 Å². The Bertz CT molecular complexity index is 876. The molecule has 0 radical (unpaired) electrons. The number of nitrogens with one attached hydrogen (secondary N) is 3. The molecule has 0 aromatic heterocycles. The topological polar surface area (TPSA) is 96.3 Å². The molecule has 148 valence electrons. The Hall–Kier alpha value is -1.40. The molecule has 3 N–H and O–H groups in total. The summed E-state index contributed by atoms with van der Waals surface area (Å²) in [6.45, 7) is 0. The summed E-state index contributed by atoms with van der Waals surface area (Å²) in [7, 11) is 0. The molecule has 12 heteroatoms. The number of anilines is 1. The van der Waals surface area contributed by atoms with Crippen LogP contribution in [-0.2, 0) is 0 Å². The average Bonchev–Trinajstić information content (AvgIpc) is 2.62. The van der Waals surface area contributed by atoms with E-state index in [1.807, 2.05) is 24.3 Å². The van der Waals surface area contributed by atoms with Gasteiger partial charge in [0.2, 0.25) is 3.79 Å². The van der Waals surface area contributed by atoms with Crippen molar-refractivity contribution in [2.24, 2.45) is 0 Å². The maximum Gasteiger partial charge on any atom is 0.269 e. The second-order valence-electron chi connectivity index (χ2n) is 5.36. The fourth-order valence-electron chi connectivity index (χ4n) is 1.98. The summed E-state index contributed by atoms with van der Waals surface area (Å²) in [5.74, 6) is -0.601. The number of benzene rings is 2. The number of nitro groups is 1. The van der Waals surface area contributed by atoms with Crippen molar-refractivity contribution in [1.82, 2.24) is 10.6 Å². The molecule has 0 aliphatic heterocycles. The number of thiocarbonyl (C=S) groups is 1. The number of nitrogens with zero attached hydrogens (tertiary/aromatic N) is 1. The third kappa shape index (κ3) is 6.89. The number of non-ortho nitro benzene ring substituents is 1. The number of alkyl halides is 3. The maximum absolute atomic E-state index is 12.4. The Balaban J connectivity index is 2.06. The van der Waals surface area contributed by atoms with Crippen molar-refractivity contribution in [3.63, 3.8) is 0 Å². The lowest BCUT2D eigenvalue weighted by Gasteiger charge is -2.27. The van der Waals surface area contributed by atoms with E-state index in [0.717, 1.165) is 3.57 Å². The number of halogens is 4. The van der Waals surface area contributed by atoms with Crippen molar-refractivity contribution in [1.29, 1.82) is 0 Å². The first-order valence-corrected chi connectivity index (χ1v) is 10.1. The Kier molecular flexibility index (Phi) is 8.07. The van der Waals surface area contributed by atoms with Crippen LogP contribution in [0.15, 0.2) is 48.5 Å². The number of rotatable bonds is 5. The molecule has 28 heavy (non-hydrogen) atoms. The van der Waals surface area contributed by atoms with Gasteiger partial charge in [0.25, 0.3) is 11.6 Å². The van der Waals surface area contributed by atoms with E-state index in [1.54, 1.807) is 0 Å². The van der Waals surface area contributed by atoms with Crippen molar-refractivity contribution in [2.45, 2.75) is 9.96 Å². The van der Waals surface area contributed by atoms with Gasteiger partial charge >= 0.3 is 0 Å². The third-order valence-electron chi connectivity index (χ3n) is 3.32. The van der Waals surface area contributed by atoms with Gasteiger partial charge in [-0.3, -0.25) is 14.9 Å². The van der Waals surface area contributed by atoms with Crippen molar-refractivity contribution in [3.8, 4) is 0 Å². The van der Waals surface area contributed by atoms with Gasteiger partial charge in [0, 0.05) is 27.0 Å². The first kappa shape index (κ1) is 22.9. The van der Waals surface area contributed by atoms with E-state index in [2.05, 4.69) is 38.5 Å². The monoisotopic (exact) mass is 572 g/mol. The third-order valence-corrected chi connectivity index (χ3v) is 4.91. The number of hydrogen-bond acceptors (Lipinski definition) is 4.